The second-order valence-corrected chi connectivity index (χ2v) is 10.3. The van der Waals surface area contributed by atoms with Gasteiger partial charge in [0.25, 0.3) is 0 Å². The third-order valence-corrected chi connectivity index (χ3v) is 6.59. The van der Waals surface area contributed by atoms with Crippen molar-refractivity contribution in [3.05, 3.63) is 83.2 Å². The number of anilines is 1. The van der Waals surface area contributed by atoms with Crippen molar-refractivity contribution in [2.24, 2.45) is 5.73 Å². The topological polar surface area (TPSA) is 143 Å². The van der Waals surface area contributed by atoms with Crippen LogP contribution in [0.3, 0.4) is 0 Å². The van der Waals surface area contributed by atoms with E-state index in [9.17, 15) is 18.7 Å². The molecule has 0 unspecified atom stereocenters. The summed E-state index contributed by atoms with van der Waals surface area (Å²) in [6, 6.07) is 11.8. The van der Waals surface area contributed by atoms with Crippen LogP contribution in [0.5, 0.6) is 5.88 Å². The Hall–Kier alpha value is -4.45. The second kappa shape index (κ2) is 11.7. The smallest absolute Gasteiger partial charge is 0.320 e. The molecular formula is C28H34F2N7O3+. The third kappa shape index (κ3) is 6.40. The molecule has 12 heteroatoms. The Morgan fingerprint density at radius 2 is 1.95 bits per heavy atom. The second-order valence-electron chi connectivity index (χ2n) is 10.3. The number of nitrogens with one attached hydrogen (secondary N) is 2. The number of urea groups is 1. The van der Waals surface area contributed by atoms with E-state index in [4.69, 9.17) is 15.9 Å². The van der Waals surface area contributed by atoms with E-state index in [1.54, 1.807) is 25.5 Å². The first-order chi connectivity index (χ1) is 19.0. The van der Waals surface area contributed by atoms with Crippen LogP contribution in [0.15, 0.2) is 60.4 Å². The van der Waals surface area contributed by atoms with Gasteiger partial charge in [-0.2, -0.15) is 0 Å². The van der Waals surface area contributed by atoms with Crippen molar-refractivity contribution in [1.29, 1.82) is 0 Å². The van der Waals surface area contributed by atoms with Crippen LogP contribution >= 0.6 is 0 Å². The van der Waals surface area contributed by atoms with Gasteiger partial charge in [0.05, 0.1) is 22.9 Å². The van der Waals surface area contributed by atoms with Crippen LogP contribution in [0.2, 0.25) is 0 Å². The summed E-state index contributed by atoms with van der Waals surface area (Å²) < 4.78 is 35.0. The zero-order chi connectivity index (χ0) is 29.0. The highest BCUT2D eigenvalue weighted by atomic mass is 19.2. The maximum atomic E-state index is 14.1. The summed E-state index contributed by atoms with van der Waals surface area (Å²) in [5.74, 6) is -1.69. The van der Waals surface area contributed by atoms with Crippen LogP contribution in [-0.2, 0) is 0 Å². The molecule has 40 heavy (non-hydrogen) atoms. The van der Waals surface area contributed by atoms with Crippen LogP contribution in [0.25, 0.3) is 5.69 Å². The lowest BCUT2D eigenvalue weighted by molar-refractivity contribution is -0.106. The van der Waals surface area contributed by atoms with Gasteiger partial charge in [0.2, 0.25) is 5.88 Å². The quantitative estimate of drug-likeness (QED) is 0.256. The minimum Gasteiger partial charge on any atom is -0.473 e. The molecular weight excluding hydrogens is 520 g/mol. The fourth-order valence-corrected chi connectivity index (χ4v) is 4.58. The average Bonchev–Trinajstić information content (AvgIpc) is 3.46. The largest absolute Gasteiger partial charge is 0.473 e. The van der Waals surface area contributed by atoms with Gasteiger partial charge in [0.15, 0.2) is 17.8 Å². The highest BCUT2D eigenvalue weighted by molar-refractivity contribution is 5.90. The molecule has 0 saturated carbocycles. The normalized spacial score (nSPS) is 17.6. The molecule has 2 heterocycles. The van der Waals surface area contributed by atoms with Crippen molar-refractivity contribution in [3.8, 4) is 11.6 Å². The molecule has 10 nitrogen and oxygen atoms in total. The average molecular weight is 555 g/mol. The predicted molar refractivity (Wildman–Crippen MR) is 147 cm³/mol. The monoisotopic (exact) mass is 554 g/mol. The third-order valence-electron chi connectivity index (χ3n) is 6.59. The van der Waals surface area contributed by atoms with Crippen molar-refractivity contribution >= 4 is 18.1 Å². The number of hydrogen-bond acceptors (Lipinski definition) is 6. The van der Waals surface area contributed by atoms with Gasteiger partial charge in [0, 0.05) is 25.2 Å². The number of likely N-dealkylation sites (tertiary alicyclic amines) is 1. The molecule has 0 aliphatic carbocycles. The number of nitrogens with two attached hydrogens (primary N) is 2. The van der Waals surface area contributed by atoms with Crippen molar-refractivity contribution < 1.29 is 28.8 Å². The summed E-state index contributed by atoms with van der Waals surface area (Å²) in [4.78, 5) is 15.2. The molecule has 2 atom stereocenters. The molecule has 1 saturated heterocycles. The van der Waals surface area contributed by atoms with Gasteiger partial charge in [0.1, 0.15) is 18.1 Å². The van der Waals surface area contributed by atoms with Crippen LogP contribution in [0.1, 0.15) is 30.9 Å². The zero-order valence-electron chi connectivity index (χ0n) is 22.6. The maximum Gasteiger partial charge on any atom is 0.320 e. The molecule has 1 aromatic heterocycles. The molecule has 1 aliphatic rings. The lowest BCUT2D eigenvalue weighted by atomic mass is 9.94. The Morgan fingerprint density at radius 1 is 1.23 bits per heavy atom. The van der Waals surface area contributed by atoms with Crippen molar-refractivity contribution in [1.82, 2.24) is 20.0 Å². The van der Waals surface area contributed by atoms with Crippen molar-refractivity contribution in [2.45, 2.75) is 38.3 Å². The van der Waals surface area contributed by atoms with E-state index in [1.807, 2.05) is 35.2 Å². The Labute approximate surface area is 230 Å². The van der Waals surface area contributed by atoms with E-state index >= 15 is 0 Å². The van der Waals surface area contributed by atoms with E-state index < -0.39 is 29.3 Å². The van der Waals surface area contributed by atoms with E-state index in [-0.39, 0.29) is 18.4 Å². The molecule has 1 fully saturated rings. The van der Waals surface area contributed by atoms with E-state index in [0.29, 0.717) is 41.4 Å². The number of rotatable bonds is 9. The molecule has 7 N–H and O–H groups in total. The van der Waals surface area contributed by atoms with Crippen LogP contribution in [0, 0.1) is 18.6 Å². The van der Waals surface area contributed by atoms with Gasteiger partial charge in [-0.05, 0) is 50.6 Å². The molecule has 3 aromatic rings. The molecule has 4 rings (SSSR count). The summed E-state index contributed by atoms with van der Waals surface area (Å²) in [5, 5.41) is 26.2. The van der Waals surface area contributed by atoms with E-state index in [0.717, 1.165) is 12.1 Å². The highest BCUT2D eigenvalue weighted by Crippen LogP contribution is 2.32. The fourth-order valence-electron chi connectivity index (χ4n) is 4.58. The number of hydrogen-bond donors (Lipinski definition) is 5. The number of para-hydroxylation sites is 1. The molecule has 212 valence electrons. The molecule has 0 bridgehead atoms. The maximum absolute atomic E-state index is 14.1. The zero-order valence-corrected chi connectivity index (χ0v) is 22.6. The van der Waals surface area contributed by atoms with E-state index in [2.05, 4.69) is 15.7 Å². The molecule has 0 radical (unpaired) electrons. The minimum atomic E-state index is -1.09. The minimum absolute atomic E-state index is 0.00570. The Bertz CT molecular complexity index is 1400. The Balaban J connectivity index is 1.61. The Morgan fingerprint density at radius 3 is 2.58 bits per heavy atom. The number of carbonyl (C=O) groups excluding carboxylic acids is 1. The number of allylic oxidation sites excluding steroid dienone is 1. The Kier molecular flexibility index (Phi) is 8.38. The van der Waals surface area contributed by atoms with Gasteiger partial charge < -0.3 is 25.8 Å². The van der Waals surface area contributed by atoms with Crippen molar-refractivity contribution in [3.63, 3.8) is 0 Å². The van der Waals surface area contributed by atoms with E-state index in [1.165, 1.54) is 18.5 Å². The van der Waals surface area contributed by atoms with Crippen LogP contribution in [-0.4, -0.2) is 63.4 Å². The fraction of sp³-hybridized carbons (Fsp3) is 0.321. The van der Waals surface area contributed by atoms with Gasteiger partial charge in [-0.15, -0.1) is 5.10 Å². The molecule has 2 aromatic carbocycles. The molecule has 0 spiro atoms. The van der Waals surface area contributed by atoms with Gasteiger partial charge in [-0.3, -0.25) is 10.7 Å². The summed E-state index contributed by atoms with van der Waals surface area (Å²) in [6.07, 6.45) is 2.70. The van der Waals surface area contributed by atoms with Crippen LogP contribution < -0.4 is 26.5 Å². The lowest BCUT2D eigenvalue weighted by Gasteiger charge is -2.21. The molecule has 2 amide bonds. The standard InChI is InChI=1S/C28H33F2N7O3/c1-17-25(37(19-7-5-4-6-8-19)35-26(17)40-16-28(2,3)39)34-27(38)33-24-15-36(20(12-31)13-32)14-21(24)18-9-10-22(29)23(30)11-18/h4-13,21,24,31,39H,14-16,32H2,1-3H3,(H2,33,34,38)/p+1/b20-13+,31-12?/t21-,24+/m0/s1. The SMILES string of the molecule is Cc1c(OCC(C)(C)O)nn(-c2ccccc2)c1NC(=O)N[C@@H]1CN(/C(C=[NH2+])=C/N)C[C@H]1c1ccc(F)c(F)c1. The number of amides is 2. The number of carbonyl (C=O) groups is 1. The number of aliphatic hydroxyl groups is 1. The summed E-state index contributed by atoms with van der Waals surface area (Å²) in [5.41, 5.74) is 6.94. The predicted octanol–water partition coefficient (Wildman–Crippen LogP) is 1.83. The summed E-state index contributed by atoms with van der Waals surface area (Å²) in [6.45, 7) is 5.66. The van der Waals surface area contributed by atoms with Gasteiger partial charge in [-0.25, -0.2) is 18.3 Å². The number of benzene rings is 2. The molecule has 1 aliphatic heterocycles. The highest BCUT2D eigenvalue weighted by Gasteiger charge is 2.36. The number of nitrogens with zero attached hydrogens (tertiary/aromatic N) is 3. The first-order valence-corrected chi connectivity index (χ1v) is 12.7. The first kappa shape index (κ1) is 28.6. The lowest BCUT2D eigenvalue weighted by Crippen LogP contribution is -2.43. The number of aromatic nitrogens is 2. The summed E-state index contributed by atoms with van der Waals surface area (Å²) in [7, 11) is 0. The number of halogens is 2. The first-order valence-electron chi connectivity index (χ1n) is 12.7. The van der Waals surface area contributed by atoms with Crippen molar-refractivity contribution in [2.75, 3.05) is 25.0 Å². The number of ether oxygens (including phenoxy) is 1. The van der Waals surface area contributed by atoms with Gasteiger partial charge in [-0.1, -0.05) is 24.3 Å². The summed E-state index contributed by atoms with van der Waals surface area (Å²) >= 11 is 0. The van der Waals surface area contributed by atoms with Gasteiger partial charge >= 0.3 is 6.03 Å². The van der Waals surface area contributed by atoms with Crippen LogP contribution in [0.4, 0.5) is 19.4 Å².